The Labute approximate surface area is 123 Å². The highest BCUT2D eigenvalue weighted by atomic mass is 32.1. The summed E-state index contributed by atoms with van der Waals surface area (Å²) in [6, 6.07) is 5.32. The molecule has 0 N–H and O–H groups in total. The van der Waals surface area contributed by atoms with Crippen LogP contribution in [-0.2, 0) is 16.1 Å². The SMILES string of the molecule is O=C(/C=C/c1ccsc1)OCc1nnc(-c2ccco2)o1. The van der Waals surface area contributed by atoms with Gasteiger partial charge < -0.3 is 13.6 Å². The number of esters is 1. The van der Waals surface area contributed by atoms with E-state index in [0.29, 0.717) is 5.76 Å². The second-order valence-electron chi connectivity index (χ2n) is 3.98. The van der Waals surface area contributed by atoms with Crippen molar-refractivity contribution in [2.24, 2.45) is 0 Å². The summed E-state index contributed by atoms with van der Waals surface area (Å²) in [7, 11) is 0. The van der Waals surface area contributed by atoms with Crippen molar-refractivity contribution in [2.75, 3.05) is 0 Å². The summed E-state index contributed by atoms with van der Waals surface area (Å²) in [5.74, 6) is 0.454. The zero-order chi connectivity index (χ0) is 14.5. The van der Waals surface area contributed by atoms with Crippen LogP contribution in [0, 0.1) is 0 Å². The van der Waals surface area contributed by atoms with Gasteiger partial charge in [-0.3, -0.25) is 0 Å². The van der Waals surface area contributed by atoms with Gasteiger partial charge in [0, 0.05) is 6.08 Å². The largest absolute Gasteiger partial charge is 0.459 e. The van der Waals surface area contributed by atoms with Gasteiger partial charge in [-0.2, -0.15) is 11.3 Å². The normalized spacial score (nSPS) is 11.0. The maximum atomic E-state index is 11.5. The number of carbonyl (C=O) groups excluding carboxylic acids is 1. The minimum Gasteiger partial charge on any atom is -0.459 e. The summed E-state index contributed by atoms with van der Waals surface area (Å²) >= 11 is 1.56. The van der Waals surface area contributed by atoms with Gasteiger partial charge in [-0.1, -0.05) is 0 Å². The molecule has 0 aliphatic rings. The predicted octanol–water partition coefficient (Wildman–Crippen LogP) is 3.15. The molecule has 0 aromatic carbocycles. The molecule has 0 saturated heterocycles. The second-order valence-corrected chi connectivity index (χ2v) is 4.76. The summed E-state index contributed by atoms with van der Waals surface area (Å²) in [6.07, 6.45) is 4.54. The van der Waals surface area contributed by atoms with E-state index >= 15 is 0 Å². The molecule has 21 heavy (non-hydrogen) atoms. The summed E-state index contributed by atoms with van der Waals surface area (Å²) in [5.41, 5.74) is 0.954. The number of aromatic nitrogens is 2. The van der Waals surface area contributed by atoms with E-state index in [0.717, 1.165) is 5.56 Å². The molecule has 0 aliphatic carbocycles. The van der Waals surface area contributed by atoms with Gasteiger partial charge in [0.15, 0.2) is 12.4 Å². The maximum absolute atomic E-state index is 11.5. The van der Waals surface area contributed by atoms with Crippen molar-refractivity contribution in [2.45, 2.75) is 6.61 Å². The first-order valence-electron chi connectivity index (χ1n) is 6.04. The number of carbonyl (C=O) groups is 1. The third-order valence-corrected chi connectivity index (χ3v) is 3.19. The number of ether oxygens (including phenoxy) is 1. The Morgan fingerprint density at radius 2 is 2.33 bits per heavy atom. The third-order valence-electron chi connectivity index (χ3n) is 2.49. The monoisotopic (exact) mass is 302 g/mol. The molecule has 0 bridgehead atoms. The highest BCUT2D eigenvalue weighted by molar-refractivity contribution is 7.08. The number of thiophene rings is 1. The topological polar surface area (TPSA) is 78.4 Å². The molecule has 0 aliphatic heterocycles. The van der Waals surface area contributed by atoms with Crippen molar-refractivity contribution in [1.82, 2.24) is 10.2 Å². The van der Waals surface area contributed by atoms with Gasteiger partial charge in [0.2, 0.25) is 0 Å². The molecule has 3 aromatic rings. The Bertz CT molecular complexity index is 729. The second kappa shape index (κ2) is 6.19. The average Bonchev–Trinajstić information content (AvgIpc) is 3.24. The van der Waals surface area contributed by atoms with E-state index in [9.17, 15) is 4.79 Å². The molecule has 106 valence electrons. The number of nitrogens with zero attached hydrogens (tertiary/aromatic N) is 2. The van der Waals surface area contributed by atoms with E-state index < -0.39 is 5.97 Å². The minimum absolute atomic E-state index is 0.0828. The lowest BCUT2D eigenvalue weighted by Gasteiger charge is -1.96. The Hall–Kier alpha value is -2.67. The Balaban J connectivity index is 1.54. The lowest BCUT2D eigenvalue weighted by Crippen LogP contribution is -2.00. The third kappa shape index (κ3) is 3.46. The molecule has 0 fully saturated rings. The number of furan rings is 1. The van der Waals surface area contributed by atoms with Gasteiger partial charge in [-0.25, -0.2) is 4.79 Å². The van der Waals surface area contributed by atoms with Gasteiger partial charge >= 0.3 is 5.97 Å². The van der Waals surface area contributed by atoms with Crippen LogP contribution in [0.25, 0.3) is 17.7 Å². The Kier molecular flexibility index (Phi) is 3.92. The fraction of sp³-hybridized carbons (Fsp3) is 0.0714. The quantitative estimate of drug-likeness (QED) is 0.532. The zero-order valence-electron chi connectivity index (χ0n) is 10.8. The zero-order valence-corrected chi connectivity index (χ0v) is 11.6. The summed E-state index contributed by atoms with van der Waals surface area (Å²) in [6.45, 7) is -0.0828. The lowest BCUT2D eigenvalue weighted by atomic mass is 10.3. The molecular weight excluding hydrogens is 292 g/mol. The summed E-state index contributed by atoms with van der Waals surface area (Å²) in [4.78, 5) is 11.5. The highest BCUT2D eigenvalue weighted by Gasteiger charge is 2.11. The van der Waals surface area contributed by atoms with Crippen LogP contribution < -0.4 is 0 Å². The highest BCUT2D eigenvalue weighted by Crippen LogP contribution is 2.18. The molecule has 0 saturated carbocycles. The molecule has 3 heterocycles. The van der Waals surface area contributed by atoms with E-state index in [-0.39, 0.29) is 18.4 Å². The lowest BCUT2D eigenvalue weighted by molar-refractivity contribution is -0.139. The van der Waals surface area contributed by atoms with Gasteiger partial charge in [0.05, 0.1) is 6.26 Å². The maximum Gasteiger partial charge on any atom is 0.331 e. The summed E-state index contributed by atoms with van der Waals surface area (Å²) < 4.78 is 15.4. The summed E-state index contributed by atoms with van der Waals surface area (Å²) in [5, 5.41) is 11.4. The van der Waals surface area contributed by atoms with Crippen LogP contribution in [-0.4, -0.2) is 16.2 Å². The van der Waals surface area contributed by atoms with Gasteiger partial charge in [-0.05, 0) is 40.6 Å². The molecule has 0 amide bonds. The number of hydrogen-bond donors (Lipinski definition) is 0. The van der Waals surface area contributed by atoms with Crippen molar-refractivity contribution in [3.05, 3.63) is 52.8 Å². The van der Waals surface area contributed by atoms with Crippen LogP contribution in [0.4, 0.5) is 0 Å². The smallest absolute Gasteiger partial charge is 0.331 e. The molecule has 0 atom stereocenters. The number of rotatable bonds is 5. The number of hydrogen-bond acceptors (Lipinski definition) is 7. The van der Waals surface area contributed by atoms with Gasteiger partial charge in [0.1, 0.15) is 0 Å². The van der Waals surface area contributed by atoms with Gasteiger partial charge in [-0.15, -0.1) is 10.2 Å². The molecule has 0 spiro atoms. The van der Waals surface area contributed by atoms with E-state index in [1.54, 1.807) is 29.5 Å². The minimum atomic E-state index is -0.473. The first-order chi connectivity index (χ1) is 10.3. The molecule has 0 radical (unpaired) electrons. The van der Waals surface area contributed by atoms with Crippen LogP contribution >= 0.6 is 11.3 Å². The Morgan fingerprint density at radius 3 is 3.10 bits per heavy atom. The van der Waals surface area contributed by atoms with Gasteiger partial charge in [0.25, 0.3) is 11.8 Å². The van der Waals surface area contributed by atoms with Crippen molar-refractivity contribution in [3.8, 4) is 11.7 Å². The van der Waals surface area contributed by atoms with E-state index in [1.807, 2.05) is 16.8 Å². The fourth-order valence-corrected chi connectivity index (χ4v) is 2.16. The molecule has 0 unspecified atom stereocenters. The molecule has 7 heteroatoms. The van der Waals surface area contributed by atoms with Crippen molar-refractivity contribution < 1.29 is 18.4 Å². The molecule has 3 aromatic heterocycles. The van der Waals surface area contributed by atoms with Crippen molar-refractivity contribution in [3.63, 3.8) is 0 Å². The molecule has 3 rings (SSSR count). The van der Waals surface area contributed by atoms with Crippen LogP contribution in [0.15, 0.2) is 50.1 Å². The van der Waals surface area contributed by atoms with E-state index in [1.165, 1.54) is 12.3 Å². The first kappa shape index (κ1) is 13.3. The van der Waals surface area contributed by atoms with Crippen LogP contribution in [0.2, 0.25) is 0 Å². The first-order valence-corrected chi connectivity index (χ1v) is 6.99. The van der Waals surface area contributed by atoms with Crippen molar-refractivity contribution >= 4 is 23.4 Å². The molecule has 6 nitrogen and oxygen atoms in total. The van der Waals surface area contributed by atoms with Crippen molar-refractivity contribution in [1.29, 1.82) is 0 Å². The van der Waals surface area contributed by atoms with Crippen LogP contribution in [0.1, 0.15) is 11.5 Å². The molecular formula is C14H10N2O4S. The van der Waals surface area contributed by atoms with Crippen LogP contribution in [0.5, 0.6) is 0 Å². The Morgan fingerprint density at radius 1 is 1.38 bits per heavy atom. The standard InChI is InChI=1S/C14H10N2O4S/c17-13(4-3-10-5-7-21-9-10)19-8-12-15-16-14(20-12)11-2-1-6-18-11/h1-7,9H,8H2/b4-3+. The van der Waals surface area contributed by atoms with E-state index in [2.05, 4.69) is 10.2 Å². The fourth-order valence-electron chi connectivity index (χ4n) is 1.53. The van der Waals surface area contributed by atoms with Crippen LogP contribution in [0.3, 0.4) is 0 Å². The van der Waals surface area contributed by atoms with E-state index in [4.69, 9.17) is 13.6 Å². The average molecular weight is 302 g/mol. The predicted molar refractivity (Wildman–Crippen MR) is 75.1 cm³/mol.